The van der Waals surface area contributed by atoms with Crippen LogP contribution in [0.3, 0.4) is 0 Å². The molecule has 14 nitrogen and oxygen atoms in total. The number of aromatic nitrogens is 4. The topological polar surface area (TPSA) is 212 Å². The van der Waals surface area contributed by atoms with E-state index in [1.807, 2.05) is 0 Å². The van der Waals surface area contributed by atoms with Crippen molar-refractivity contribution < 1.29 is 38.3 Å². The van der Waals surface area contributed by atoms with Gasteiger partial charge in [0.15, 0.2) is 23.7 Å². The number of aliphatic hydroxyl groups is 1. The zero-order valence-corrected chi connectivity index (χ0v) is 17.0. The number of fused-ring (bicyclic) bond motifs is 1. The molecule has 1 aliphatic rings. The zero-order chi connectivity index (χ0) is 23.0. The van der Waals surface area contributed by atoms with Gasteiger partial charge in [0, 0.05) is 0 Å². The first kappa shape index (κ1) is 22.1. The van der Waals surface area contributed by atoms with E-state index in [4.69, 9.17) is 19.7 Å². The fraction of sp³-hybridized carbons (Fsp3) is 0.294. The van der Waals surface area contributed by atoms with Gasteiger partial charge in [-0.1, -0.05) is 12.1 Å². The van der Waals surface area contributed by atoms with Gasteiger partial charge in [-0.15, -0.1) is 0 Å². The van der Waals surface area contributed by atoms with Crippen LogP contribution in [0.2, 0.25) is 0 Å². The Morgan fingerprint density at radius 1 is 1.34 bits per heavy atom. The normalized spacial score (nSPS) is 23.5. The van der Waals surface area contributed by atoms with Gasteiger partial charge in [0.1, 0.15) is 30.7 Å². The number of nitrogen functional groups attached to an aromatic ring is 1. The maximum Gasteiger partial charge on any atom is 0.470 e. The lowest BCUT2D eigenvalue weighted by Gasteiger charge is -2.21. The number of rotatable bonds is 7. The van der Waals surface area contributed by atoms with Crippen molar-refractivity contribution in [2.24, 2.45) is 0 Å². The molecule has 0 radical (unpaired) electrons. The maximum absolute atomic E-state index is 12.0. The molecule has 0 unspecified atom stereocenters. The maximum atomic E-state index is 12.0. The quantitative estimate of drug-likeness (QED) is 0.216. The van der Waals surface area contributed by atoms with Crippen molar-refractivity contribution in [1.29, 1.82) is 0 Å². The van der Waals surface area contributed by atoms with Crippen molar-refractivity contribution in [3.05, 3.63) is 46.5 Å². The minimum absolute atomic E-state index is 0.0156. The number of phosphoric acid groups is 1. The van der Waals surface area contributed by atoms with E-state index < -0.39 is 37.9 Å². The molecule has 2 aromatic heterocycles. The summed E-state index contributed by atoms with van der Waals surface area (Å²) in [4.78, 5) is 52.0. The smallest absolute Gasteiger partial charge is 0.470 e. The number of nitrogens with zero attached hydrogens (tertiary/aromatic N) is 3. The molecule has 15 heteroatoms. The molecule has 170 valence electrons. The molecule has 4 rings (SSSR count). The Morgan fingerprint density at radius 2 is 2.09 bits per heavy atom. The van der Waals surface area contributed by atoms with Crippen molar-refractivity contribution in [3.63, 3.8) is 0 Å². The molecule has 0 aliphatic carbocycles. The lowest BCUT2D eigenvalue weighted by Crippen LogP contribution is -2.36. The van der Waals surface area contributed by atoms with Crippen molar-refractivity contribution in [2.45, 2.75) is 24.5 Å². The van der Waals surface area contributed by atoms with E-state index in [9.17, 15) is 29.0 Å². The van der Waals surface area contributed by atoms with Crippen LogP contribution in [0.5, 0.6) is 5.75 Å². The van der Waals surface area contributed by atoms with Crippen LogP contribution in [0.1, 0.15) is 16.6 Å². The van der Waals surface area contributed by atoms with Crippen LogP contribution >= 0.6 is 7.82 Å². The van der Waals surface area contributed by atoms with E-state index in [-0.39, 0.29) is 35.0 Å². The van der Waals surface area contributed by atoms with Gasteiger partial charge < -0.3 is 30.1 Å². The van der Waals surface area contributed by atoms with Gasteiger partial charge in [0.25, 0.3) is 5.56 Å². The third-order valence-electron chi connectivity index (χ3n) is 4.74. The fourth-order valence-electron chi connectivity index (χ4n) is 3.38. The van der Waals surface area contributed by atoms with Crippen LogP contribution in [-0.4, -0.2) is 65.6 Å². The molecule has 0 amide bonds. The molecule has 1 fully saturated rings. The van der Waals surface area contributed by atoms with E-state index in [1.165, 1.54) is 23.0 Å². The number of ether oxygens (including phenoxy) is 2. The van der Waals surface area contributed by atoms with Crippen LogP contribution in [0, 0.1) is 0 Å². The predicted octanol–water partition coefficient (Wildman–Crippen LogP) is -0.671. The number of carbonyl (C=O) groups excluding carboxylic acids is 1. The SMILES string of the molecule is Nc1nc2c(ncn2[C@@H]2O[C@H](COc3ccccc3C=O)[C@@H](OP(=O)(O)O)[C@H]2O)c(=O)[nH]1. The van der Waals surface area contributed by atoms with E-state index in [2.05, 4.69) is 15.0 Å². The van der Waals surface area contributed by atoms with Crippen molar-refractivity contribution >= 4 is 31.2 Å². The summed E-state index contributed by atoms with van der Waals surface area (Å²) in [5.41, 5.74) is 5.11. The fourth-order valence-corrected chi connectivity index (χ4v) is 3.96. The van der Waals surface area contributed by atoms with E-state index in [1.54, 1.807) is 12.1 Å². The first-order chi connectivity index (χ1) is 15.2. The molecule has 1 aromatic carbocycles. The summed E-state index contributed by atoms with van der Waals surface area (Å²) in [6, 6.07) is 6.30. The highest BCUT2D eigenvalue weighted by molar-refractivity contribution is 7.46. The van der Waals surface area contributed by atoms with Crippen molar-refractivity contribution in [3.8, 4) is 5.75 Å². The lowest BCUT2D eigenvalue weighted by atomic mass is 10.1. The minimum Gasteiger partial charge on any atom is -0.490 e. The molecule has 1 aliphatic heterocycles. The second kappa shape index (κ2) is 8.43. The van der Waals surface area contributed by atoms with Gasteiger partial charge in [-0.3, -0.25) is 23.7 Å². The third-order valence-corrected chi connectivity index (χ3v) is 5.26. The summed E-state index contributed by atoms with van der Waals surface area (Å²) in [5, 5.41) is 10.8. The Balaban J connectivity index is 1.65. The molecular weight excluding hydrogens is 449 g/mol. The number of nitrogens with one attached hydrogen (secondary N) is 1. The molecule has 0 saturated carbocycles. The molecule has 6 N–H and O–H groups in total. The largest absolute Gasteiger partial charge is 0.490 e. The summed E-state index contributed by atoms with van der Waals surface area (Å²) < 4.78 is 28.8. The molecule has 3 heterocycles. The number of benzene rings is 1. The molecular formula is C17H18N5O9P. The number of hydrogen-bond donors (Lipinski definition) is 5. The number of hydrogen-bond acceptors (Lipinski definition) is 10. The van der Waals surface area contributed by atoms with Crippen LogP contribution in [0.25, 0.3) is 11.2 Å². The first-order valence-electron chi connectivity index (χ1n) is 9.15. The summed E-state index contributed by atoms with van der Waals surface area (Å²) in [7, 11) is -5.03. The van der Waals surface area contributed by atoms with Crippen molar-refractivity contribution in [2.75, 3.05) is 12.3 Å². The molecule has 4 atom stereocenters. The summed E-state index contributed by atoms with van der Waals surface area (Å²) in [5.74, 6) is -0.00173. The number of aldehydes is 1. The van der Waals surface area contributed by atoms with Crippen LogP contribution in [-0.2, 0) is 13.8 Å². The lowest BCUT2D eigenvalue weighted by molar-refractivity contribution is -0.0473. The number of H-pyrrole nitrogens is 1. The zero-order valence-electron chi connectivity index (χ0n) is 16.1. The Bertz CT molecular complexity index is 1250. The van der Waals surface area contributed by atoms with Gasteiger partial charge in [0.05, 0.1) is 11.9 Å². The standard InChI is InChI=1S/C17H18N5O9P/c18-17-20-14-11(15(25)21-17)19-7-22(14)16-12(24)13(31-32(26,27)28)10(30-16)6-29-9-4-2-1-3-8(9)5-23/h1-5,7,10,12-13,16,24H,6H2,(H2,26,27,28)(H3,18,20,21,25)/t10-,12-,13-,16-/m1/s1. The van der Waals surface area contributed by atoms with Gasteiger partial charge in [-0.2, -0.15) is 4.98 Å². The number of imidazole rings is 1. The number of phosphoric ester groups is 1. The summed E-state index contributed by atoms with van der Waals surface area (Å²) in [6.07, 6.45) is -3.87. The first-order valence-corrected chi connectivity index (χ1v) is 10.7. The van der Waals surface area contributed by atoms with E-state index in [0.29, 0.717) is 6.29 Å². The highest BCUT2D eigenvalue weighted by Crippen LogP contribution is 2.44. The minimum atomic E-state index is -5.03. The molecule has 32 heavy (non-hydrogen) atoms. The summed E-state index contributed by atoms with van der Waals surface area (Å²) in [6.45, 7) is -0.328. The average Bonchev–Trinajstić information content (AvgIpc) is 3.27. The second-order valence-corrected chi connectivity index (χ2v) is 8.05. The number of nitrogens with two attached hydrogens (primary N) is 1. The van der Waals surface area contributed by atoms with Crippen LogP contribution in [0.15, 0.2) is 35.4 Å². The van der Waals surface area contributed by atoms with Crippen LogP contribution < -0.4 is 16.0 Å². The van der Waals surface area contributed by atoms with Gasteiger partial charge in [0.2, 0.25) is 5.95 Å². The van der Waals surface area contributed by atoms with Gasteiger partial charge >= 0.3 is 7.82 Å². The molecule has 0 spiro atoms. The monoisotopic (exact) mass is 467 g/mol. The van der Waals surface area contributed by atoms with Crippen molar-refractivity contribution in [1.82, 2.24) is 19.5 Å². The highest BCUT2D eigenvalue weighted by atomic mass is 31.2. The Kier molecular flexibility index (Phi) is 5.81. The number of carbonyl (C=O) groups is 1. The molecule has 0 bridgehead atoms. The number of anilines is 1. The predicted molar refractivity (Wildman–Crippen MR) is 107 cm³/mol. The number of aliphatic hydroxyl groups excluding tert-OH is 1. The highest BCUT2D eigenvalue weighted by Gasteiger charge is 2.49. The van der Waals surface area contributed by atoms with Gasteiger partial charge in [-0.05, 0) is 12.1 Å². The van der Waals surface area contributed by atoms with E-state index in [0.717, 1.165) is 0 Å². The van der Waals surface area contributed by atoms with Crippen LogP contribution in [0.4, 0.5) is 5.95 Å². The third kappa shape index (κ3) is 4.27. The number of para-hydroxylation sites is 1. The Labute approximate surface area is 178 Å². The molecule has 3 aromatic rings. The summed E-state index contributed by atoms with van der Waals surface area (Å²) >= 11 is 0. The second-order valence-electron chi connectivity index (χ2n) is 6.86. The Hall–Kier alpha value is -3.13. The number of aromatic amines is 1. The average molecular weight is 467 g/mol. The van der Waals surface area contributed by atoms with E-state index >= 15 is 0 Å². The molecule has 1 saturated heterocycles. The van der Waals surface area contributed by atoms with Gasteiger partial charge in [-0.25, -0.2) is 9.55 Å². The Morgan fingerprint density at radius 3 is 2.81 bits per heavy atom.